The summed E-state index contributed by atoms with van der Waals surface area (Å²) < 4.78 is 13.1. The van der Waals surface area contributed by atoms with Gasteiger partial charge in [0.25, 0.3) is 0 Å². The summed E-state index contributed by atoms with van der Waals surface area (Å²) in [4.78, 5) is 12.1. The van der Waals surface area contributed by atoms with E-state index < -0.39 is 5.79 Å². The van der Waals surface area contributed by atoms with Crippen LogP contribution in [-0.4, -0.2) is 26.4 Å². The minimum absolute atomic E-state index is 0.259. The molecule has 0 atom stereocenters. The number of hydrogen-bond acceptors (Lipinski definition) is 5. The van der Waals surface area contributed by atoms with E-state index in [1.54, 1.807) is 18.2 Å². The Labute approximate surface area is 143 Å². The Kier molecular flexibility index (Phi) is 3.45. The van der Waals surface area contributed by atoms with Gasteiger partial charge in [-0.15, -0.1) is 10.2 Å². The Hall–Kier alpha value is -3.29. The molecule has 0 saturated carbocycles. The van der Waals surface area contributed by atoms with E-state index in [2.05, 4.69) is 20.8 Å². The summed E-state index contributed by atoms with van der Waals surface area (Å²) in [5, 5.41) is 13.6. The molecule has 1 aliphatic rings. The van der Waals surface area contributed by atoms with Crippen LogP contribution in [0.2, 0.25) is 0 Å². The van der Waals surface area contributed by atoms with E-state index in [0.29, 0.717) is 23.0 Å². The summed E-state index contributed by atoms with van der Waals surface area (Å²) in [6, 6.07) is 10.5. The molecule has 25 heavy (non-hydrogen) atoms. The van der Waals surface area contributed by atoms with Gasteiger partial charge in [0.1, 0.15) is 0 Å². The quantitative estimate of drug-likeness (QED) is 0.765. The molecule has 1 aliphatic heterocycles. The van der Waals surface area contributed by atoms with E-state index in [4.69, 9.17) is 9.47 Å². The van der Waals surface area contributed by atoms with Crippen molar-refractivity contribution in [3.8, 4) is 11.5 Å². The van der Waals surface area contributed by atoms with E-state index in [1.165, 1.54) is 0 Å². The summed E-state index contributed by atoms with van der Waals surface area (Å²) in [6.45, 7) is 3.92. The smallest absolute Gasteiger partial charge is 0.319 e. The minimum Gasteiger partial charge on any atom is -0.449 e. The predicted molar refractivity (Wildman–Crippen MR) is 90.6 cm³/mol. The molecule has 3 aromatic rings. The van der Waals surface area contributed by atoms with E-state index in [0.717, 1.165) is 5.65 Å². The number of pyridine rings is 1. The van der Waals surface area contributed by atoms with Crippen molar-refractivity contribution in [2.24, 2.45) is 0 Å². The Morgan fingerprint density at radius 2 is 2.00 bits per heavy atom. The van der Waals surface area contributed by atoms with Crippen LogP contribution in [0.5, 0.6) is 11.5 Å². The molecule has 1 aromatic carbocycles. The second kappa shape index (κ2) is 5.66. The zero-order valence-electron chi connectivity index (χ0n) is 13.8. The normalized spacial score (nSPS) is 14.5. The van der Waals surface area contributed by atoms with Crippen molar-refractivity contribution in [1.82, 2.24) is 19.9 Å². The van der Waals surface area contributed by atoms with Crippen molar-refractivity contribution in [2.45, 2.75) is 26.2 Å². The molecule has 0 bridgehead atoms. The van der Waals surface area contributed by atoms with Gasteiger partial charge < -0.3 is 20.1 Å². The molecule has 3 heterocycles. The number of nitrogens with one attached hydrogen (secondary N) is 2. The lowest BCUT2D eigenvalue weighted by Gasteiger charge is -2.16. The molecule has 0 unspecified atom stereocenters. The van der Waals surface area contributed by atoms with Crippen LogP contribution in [0, 0.1) is 0 Å². The number of aromatic nitrogens is 3. The molecule has 2 amide bonds. The molecule has 8 heteroatoms. The molecular weight excluding hydrogens is 322 g/mol. The van der Waals surface area contributed by atoms with Crippen LogP contribution in [0.4, 0.5) is 10.5 Å². The summed E-state index contributed by atoms with van der Waals surface area (Å²) in [6.07, 6.45) is 1.85. The van der Waals surface area contributed by atoms with Crippen LogP contribution < -0.4 is 20.1 Å². The first-order valence-corrected chi connectivity index (χ1v) is 7.86. The highest BCUT2D eigenvalue weighted by molar-refractivity contribution is 5.89. The summed E-state index contributed by atoms with van der Waals surface area (Å²) in [7, 11) is 0. The van der Waals surface area contributed by atoms with Crippen LogP contribution >= 0.6 is 0 Å². The number of urea groups is 1. The topological polar surface area (TPSA) is 89.8 Å². The molecule has 128 valence electrons. The maximum atomic E-state index is 12.1. The molecule has 2 N–H and O–H groups in total. The first-order chi connectivity index (χ1) is 12.0. The maximum Gasteiger partial charge on any atom is 0.319 e. The van der Waals surface area contributed by atoms with Crippen LogP contribution in [-0.2, 0) is 6.54 Å². The summed E-state index contributed by atoms with van der Waals surface area (Å²) in [5.41, 5.74) is 1.35. The van der Waals surface area contributed by atoms with Gasteiger partial charge in [0.05, 0.1) is 6.54 Å². The lowest BCUT2D eigenvalue weighted by molar-refractivity contribution is -0.0431. The molecule has 0 fully saturated rings. The largest absolute Gasteiger partial charge is 0.449 e. The number of carbonyl (C=O) groups excluding carboxylic acids is 1. The molecule has 8 nitrogen and oxygen atoms in total. The highest BCUT2D eigenvalue weighted by Crippen LogP contribution is 2.40. The van der Waals surface area contributed by atoms with E-state index in [9.17, 15) is 4.79 Å². The average molecular weight is 339 g/mol. The van der Waals surface area contributed by atoms with Gasteiger partial charge in [-0.25, -0.2) is 4.79 Å². The van der Waals surface area contributed by atoms with Crippen LogP contribution in [0.15, 0.2) is 42.6 Å². The van der Waals surface area contributed by atoms with Crippen molar-refractivity contribution >= 4 is 17.4 Å². The zero-order valence-corrected chi connectivity index (χ0v) is 13.8. The Bertz CT molecular complexity index is 950. The third-order valence-corrected chi connectivity index (χ3v) is 3.70. The number of hydrogen-bond donors (Lipinski definition) is 2. The van der Waals surface area contributed by atoms with Crippen LogP contribution in [0.3, 0.4) is 0 Å². The number of ether oxygens (including phenoxy) is 2. The highest BCUT2D eigenvalue weighted by atomic mass is 16.7. The molecule has 4 rings (SSSR count). The summed E-state index contributed by atoms with van der Waals surface area (Å²) in [5.74, 6) is 1.22. The molecule has 0 saturated heterocycles. The standard InChI is InChI=1S/C17H17N5O3/c1-17(2)24-12-7-6-11(9-13(12)25-17)19-16(23)18-10-15-21-20-14-5-3-4-8-22(14)15/h3-9H,10H2,1-2H3,(H2,18,19,23). The number of carbonyl (C=O) groups is 1. The van der Waals surface area contributed by atoms with Crippen molar-refractivity contribution in [3.63, 3.8) is 0 Å². The molecule has 0 radical (unpaired) electrons. The van der Waals surface area contributed by atoms with E-state index in [1.807, 2.05) is 42.6 Å². The van der Waals surface area contributed by atoms with E-state index >= 15 is 0 Å². The van der Waals surface area contributed by atoms with Crippen molar-refractivity contribution in [1.29, 1.82) is 0 Å². The van der Waals surface area contributed by atoms with Gasteiger partial charge in [-0.2, -0.15) is 0 Å². The Morgan fingerprint density at radius 1 is 1.16 bits per heavy atom. The first kappa shape index (κ1) is 15.3. The van der Waals surface area contributed by atoms with Crippen molar-refractivity contribution in [3.05, 3.63) is 48.4 Å². The second-order valence-electron chi connectivity index (χ2n) is 6.12. The van der Waals surface area contributed by atoms with Crippen molar-refractivity contribution in [2.75, 3.05) is 5.32 Å². The average Bonchev–Trinajstić information content (AvgIpc) is 3.11. The number of amides is 2. The number of benzene rings is 1. The molecular formula is C17H17N5O3. The Morgan fingerprint density at radius 3 is 2.88 bits per heavy atom. The maximum absolute atomic E-state index is 12.1. The van der Waals surface area contributed by atoms with Gasteiger partial charge in [-0.1, -0.05) is 6.07 Å². The minimum atomic E-state index is -0.696. The molecule has 2 aromatic heterocycles. The number of anilines is 1. The highest BCUT2D eigenvalue weighted by Gasteiger charge is 2.31. The lowest BCUT2D eigenvalue weighted by Crippen LogP contribution is -2.29. The van der Waals surface area contributed by atoms with E-state index in [-0.39, 0.29) is 12.6 Å². The Balaban J connectivity index is 1.40. The van der Waals surface area contributed by atoms with Gasteiger partial charge >= 0.3 is 6.03 Å². The fourth-order valence-corrected chi connectivity index (χ4v) is 2.65. The lowest BCUT2D eigenvalue weighted by atomic mass is 10.3. The van der Waals surface area contributed by atoms with Gasteiger partial charge in [-0.3, -0.25) is 4.40 Å². The zero-order chi connectivity index (χ0) is 17.4. The van der Waals surface area contributed by atoms with Crippen LogP contribution in [0.25, 0.3) is 5.65 Å². The fourth-order valence-electron chi connectivity index (χ4n) is 2.65. The third-order valence-electron chi connectivity index (χ3n) is 3.70. The van der Waals surface area contributed by atoms with Crippen molar-refractivity contribution < 1.29 is 14.3 Å². The number of nitrogens with zero attached hydrogens (tertiary/aromatic N) is 3. The van der Waals surface area contributed by atoms with Gasteiger partial charge in [0.2, 0.25) is 5.79 Å². The third kappa shape index (κ3) is 3.06. The number of rotatable bonds is 3. The monoisotopic (exact) mass is 339 g/mol. The van der Waals surface area contributed by atoms with Crippen LogP contribution in [0.1, 0.15) is 19.7 Å². The predicted octanol–water partition coefficient (Wildman–Crippen LogP) is 2.56. The first-order valence-electron chi connectivity index (χ1n) is 7.86. The molecule has 0 spiro atoms. The van der Waals surface area contributed by atoms with Gasteiger partial charge in [0.15, 0.2) is 23.0 Å². The molecule has 0 aliphatic carbocycles. The fraction of sp³-hybridized carbons (Fsp3) is 0.235. The number of fused-ring (bicyclic) bond motifs is 2. The van der Waals surface area contributed by atoms with Gasteiger partial charge in [-0.05, 0) is 24.3 Å². The van der Waals surface area contributed by atoms with Gasteiger partial charge in [0, 0.05) is 31.8 Å². The SMILES string of the molecule is CC1(C)Oc2ccc(NC(=O)NCc3nnc4ccccn34)cc2O1. The second-order valence-corrected chi connectivity index (χ2v) is 6.12. The summed E-state index contributed by atoms with van der Waals surface area (Å²) >= 11 is 0.